The lowest BCUT2D eigenvalue weighted by Crippen LogP contribution is -1.94. The molecule has 0 heterocycles. The first-order valence-electron chi connectivity index (χ1n) is 16.8. The molecule has 0 amide bonds. The van der Waals surface area contributed by atoms with Gasteiger partial charge in [0.05, 0.1) is 0 Å². The van der Waals surface area contributed by atoms with Gasteiger partial charge in [-0.05, 0) is 125 Å². The lowest BCUT2D eigenvalue weighted by atomic mass is 9.83. The number of fused-ring (bicyclic) bond motifs is 4. The third kappa shape index (κ3) is 4.69. The molecule has 0 unspecified atom stereocenters. The molecule has 0 bridgehead atoms. The van der Waals surface area contributed by atoms with Crippen molar-refractivity contribution in [2.24, 2.45) is 0 Å². The summed E-state index contributed by atoms with van der Waals surface area (Å²) in [5.41, 5.74) is 12.7. The lowest BCUT2D eigenvalue weighted by molar-refractivity contribution is 1.40. The molecule has 0 saturated heterocycles. The minimum absolute atomic E-state index is 1.21. The van der Waals surface area contributed by atoms with E-state index in [0.29, 0.717) is 0 Å². The predicted molar refractivity (Wildman–Crippen MR) is 208 cm³/mol. The zero-order valence-corrected chi connectivity index (χ0v) is 27.2. The van der Waals surface area contributed by atoms with Crippen LogP contribution in [0.25, 0.3) is 87.6 Å². The summed E-state index contributed by atoms with van der Waals surface area (Å²) in [6.07, 6.45) is 0. The maximum absolute atomic E-state index is 2.42. The van der Waals surface area contributed by atoms with Crippen molar-refractivity contribution in [3.63, 3.8) is 0 Å². The van der Waals surface area contributed by atoms with Gasteiger partial charge in [-0.2, -0.15) is 0 Å². The van der Waals surface area contributed by atoms with E-state index < -0.39 is 0 Å². The largest absolute Gasteiger partial charge is 0.0616 e. The smallest absolute Gasteiger partial charge is 0.00199 e. The molecule has 0 aliphatic carbocycles. The van der Waals surface area contributed by atoms with Gasteiger partial charge in [0, 0.05) is 0 Å². The molecule has 0 atom stereocenters. The van der Waals surface area contributed by atoms with E-state index in [0.717, 1.165) is 0 Å². The first-order chi connectivity index (χ1) is 23.6. The zero-order chi connectivity index (χ0) is 32.2. The van der Waals surface area contributed by atoms with Gasteiger partial charge in [0.1, 0.15) is 0 Å². The maximum atomic E-state index is 2.42. The number of hydrogen-bond acceptors (Lipinski definition) is 0. The molecule has 0 aliphatic rings. The van der Waals surface area contributed by atoms with Crippen LogP contribution < -0.4 is 0 Å². The van der Waals surface area contributed by atoms with Gasteiger partial charge in [0.15, 0.2) is 0 Å². The van der Waals surface area contributed by atoms with E-state index in [9.17, 15) is 0 Å². The lowest BCUT2D eigenvalue weighted by Gasteiger charge is -2.20. The Morgan fingerprint density at radius 3 is 1.42 bits per heavy atom. The van der Waals surface area contributed by atoms with Gasteiger partial charge in [-0.1, -0.05) is 157 Å². The fourth-order valence-corrected chi connectivity index (χ4v) is 7.62. The minimum Gasteiger partial charge on any atom is -0.0616 e. The highest BCUT2D eigenvalue weighted by molar-refractivity contribution is 6.24. The van der Waals surface area contributed by atoms with Gasteiger partial charge < -0.3 is 0 Å². The molecule has 0 fully saturated rings. The normalized spacial score (nSPS) is 11.5. The molecule has 48 heavy (non-hydrogen) atoms. The molecule has 226 valence electrons. The summed E-state index contributed by atoms with van der Waals surface area (Å²) < 4.78 is 0. The van der Waals surface area contributed by atoms with Crippen molar-refractivity contribution in [2.45, 2.75) is 13.8 Å². The fourth-order valence-electron chi connectivity index (χ4n) is 7.62. The second-order valence-electron chi connectivity index (χ2n) is 13.0. The maximum Gasteiger partial charge on any atom is -0.00199 e. The van der Waals surface area contributed by atoms with Crippen molar-refractivity contribution < 1.29 is 0 Å². The monoisotopic (exact) mass is 610 g/mol. The van der Waals surface area contributed by atoms with Gasteiger partial charge in [0.2, 0.25) is 0 Å². The quantitative estimate of drug-likeness (QED) is 0.174. The molecule has 0 aliphatic heterocycles. The first kappa shape index (κ1) is 28.3. The van der Waals surface area contributed by atoms with Gasteiger partial charge in [0.25, 0.3) is 0 Å². The van der Waals surface area contributed by atoms with Crippen molar-refractivity contribution in [2.75, 3.05) is 0 Å². The standard InChI is InChI=1S/C48H34/c1-31-19-20-32(2)45(27-31)47-41-15-7-9-17-43(41)48(44-18-10-8-16-42(44)47)46-30-39(29-38-13-5-6-14-40(38)46)35-23-21-34(22-24-35)37-26-25-33-11-3-4-12-36(33)28-37/h3-30H,1-2H3. The van der Waals surface area contributed by atoms with E-state index in [2.05, 4.69) is 184 Å². The number of benzene rings is 9. The van der Waals surface area contributed by atoms with Crippen LogP contribution in [-0.2, 0) is 0 Å². The molecule has 9 aromatic carbocycles. The number of aryl methyl sites for hydroxylation is 2. The topological polar surface area (TPSA) is 0 Å². The van der Waals surface area contributed by atoms with Gasteiger partial charge in [-0.3, -0.25) is 0 Å². The van der Waals surface area contributed by atoms with Crippen LogP contribution in [0.2, 0.25) is 0 Å². The summed E-state index contributed by atoms with van der Waals surface area (Å²) in [6.45, 7) is 4.42. The van der Waals surface area contributed by atoms with Crippen LogP contribution in [0.15, 0.2) is 170 Å². The molecule has 0 heteroatoms. The molecule has 0 N–H and O–H groups in total. The molecule has 0 saturated carbocycles. The van der Waals surface area contributed by atoms with Gasteiger partial charge in [-0.25, -0.2) is 0 Å². The Morgan fingerprint density at radius 2 is 0.771 bits per heavy atom. The molecule has 0 spiro atoms. The molecule has 9 aromatic rings. The molecule has 0 radical (unpaired) electrons. The van der Waals surface area contributed by atoms with E-state index >= 15 is 0 Å². The minimum atomic E-state index is 1.21. The van der Waals surface area contributed by atoms with Crippen molar-refractivity contribution in [3.05, 3.63) is 181 Å². The molecule has 0 aromatic heterocycles. The van der Waals surface area contributed by atoms with Crippen molar-refractivity contribution in [3.8, 4) is 44.5 Å². The van der Waals surface area contributed by atoms with Crippen LogP contribution in [0, 0.1) is 13.8 Å². The number of hydrogen-bond donors (Lipinski definition) is 0. The van der Waals surface area contributed by atoms with E-state index in [4.69, 9.17) is 0 Å². The Labute approximate surface area is 281 Å². The molecule has 0 nitrogen and oxygen atoms in total. The third-order valence-electron chi connectivity index (χ3n) is 10.0. The second-order valence-corrected chi connectivity index (χ2v) is 13.0. The van der Waals surface area contributed by atoms with E-state index in [1.165, 1.54) is 98.7 Å². The third-order valence-corrected chi connectivity index (χ3v) is 10.0. The first-order valence-corrected chi connectivity index (χ1v) is 16.8. The molecular formula is C48H34. The van der Waals surface area contributed by atoms with Crippen LogP contribution >= 0.6 is 0 Å². The van der Waals surface area contributed by atoms with Crippen molar-refractivity contribution in [1.82, 2.24) is 0 Å². The highest BCUT2D eigenvalue weighted by atomic mass is 14.2. The van der Waals surface area contributed by atoms with E-state index in [-0.39, 0.29) is 0 Å². The average molecular weight is 611 g/mol. The average Bonchev–Trinajstić information content (AvgIpc) is 3.14. The van der Waals surface area contributed by atoms with Crippen LogP contribution in [0.3, 0.4) is 0 Å². The Hall–Kier alpha value is -5.98. The van der Waals surface area contributed by atoms with Crippen LogP contribution in [0.5, 0.6) is 0 Å². The van der Waals surface area contributed by atoms with Crippen molar-refractivity contribution >= 4 is 43.1 Å². The zero-order valence-electron chi connectivity index (χ0n) is 27.2. The summed E-state index contributed by atoms with van der Waals surface area (Å²) in [5.74, 6) is 0. The van der Waals surface area contributed by atoms with Crippen LogP contribution in [-0.4, -0.2) is 0 Å². The fraction of sp³-hybridized carbons (Fsp3) is 0.0417. The van der Waals surface area contributed by atoms with Crippen LogP contribution in [0.4, 0.5) is 0 Å². The Morgan fingerprint density at radius 1 is 0.292 bits per heavy atom. The second kappa shape index (κ2) is 11.4. The Balaban J connectivity index is 1.27. The van der Waals surface area contributed by atoms with Crippen molar-refractivity contribution in [1.29, 1.82) is 0 Å². The van der Waals surface area contributed by atoms with E-state index in [1.807, 2.05) is 0 Å². The number of rotatable bonds is 4. The van der Waals surface area contributed by atoms with E-state index in [1.54, 1.807) is 0 Å². The SMILES string of the molecule is Cc1ccc(C)c(-c2c3ccccc3c(-c3cc(-c4ccc(-c5ccc6ccccc6c5)cc4)cc4ccccc34)c3ccccc23)c1. The summed E-state index contributed by atoms with van der Waals surface area (Å²) in [7, 11) is 0. The molecular weight excluding hydrogens is 577 g/mol. The summed E-state index contributed by atoms with van der Waals surface area (Å²) in [5, 5.41) is 10.2. The highest BCUT2D eigenvalue weighted by Gasteiger charge is 2.19. The molecule has 9 rings (SSSR count). The predicted octanol–water partition coefficient (Wildman–Crippen LogP) is 13.6. The van der Waals surface area contributed by atoms with Gasteiger partial charge in [-0.15, -0.1) is 0 Å². The highest BCUT2D eigenvalue weighted by Crippen LogP contribution is 2.47. The van der Waals surface area contributed by atoms with Gasteiger partial charge >= 0.3 is 0 Å². The van der Waals surface area contributed by atoms with Crippen LogP contribution in [0.1, 0.15) is 11.1 Å². The summed E-state index contributed by atoms with van der Waals surface area (Å²) in [6, 6.07) is 62.8. The Kier molecular flexibility index (Phi) is 6.69. The summed E-state index contributed by atoms with van der Waals surface area (Å²) in [4.78, 5) is 0. The summed E-state index contributed by atoms with van der Waals surface area (Å²) >= 11 is 0. The Bertz CT molecular complexity index is 2620.